The molecule has 2 N–H and O–H groups in total. The van der Waals surface area contributed by atoms with Gasteiger partial charge in [-0.3, -0.25) is 4.90 Å². The van der Waals surface area contributed by atoms with E-state index in [-0.39, 0.29) is 5.54 Å². The topological polar surface area (TPSA) is 38.5 Å². The third kappa shape index (κ3) is 2.95. The van der Waals surface area contributed by atoms with Gasteiger partial charge in [0.05, 0.1) is 0 Å². The molecule has 3 rings (SSSR count). The first-order chi connectivity index (χ1) is 10.0. The highest BCUT2D eigenvalue weighted by molar-refractivity contribution is 5.34. The second kappa shape index (κ2) is 5.62. The molecule has 0 bridgehead atoms. The summed E-state index contributed by atoms with van der Waals surface area (Å²) in [5.41, 5.74) is 8.18. The van der Waals surface area contributed by atoms with Gasteiger partial charge < -0.3 is 10.5 Å². The fourth-order valence-corrected chi connectivity index (χ4v) is 3.77. The number of benzene rings is 1. The number of hydrogen-bond acceptors (Lipinski definition) is 3. The van der Waals surface area contributed by atoms with E-state index in [9.17, 15) is 0 Å². The van der Waals surface area contributed by atoms with Crippen molar-refractivity contribution < 1.29 is 4.74 Å². The number of nitrogens with two attached hydrogens (primary N) is 1. The summed E-state index contributed by atoms with van der Waals surface area (Å²) in [6.07, 6.45) is 4.95. The average Bonchev–Trinajstić information content (AvgIpc) is 2.70. The molecule has 3 nitrogen and oxygen atoms in total. The van der Waals surface area contributed by atoms with Gasteiger partial charge in [-0.05, 0) is 37.2 Å². The van der Waals surface area contributed by atoms with Crippen LogP contribution in [0.15, 0.2) is 24.3 Å². The molecular weight excluding hydrogens is 260 g/mol. The van der Waals surface area contributed by atoms with E-state index in [0.29, 0.717) is 5.41 Å². The first kappa shape index (κ1) is 14.9. The van der Waals surface area contributed by atoms with Crippen molar-refractivity contribution in [1.82, 2.24) is 4.90 Å². The molecule has 1 heterocycles. The lowest BCUT2D eigenvalue weighted by Crippen LogP contribution is -2.56. The lowest BCUT2D eigenvalue weighted by atomic mass is 9.68. The Morgan fingerprint density at radius 3 is 2.57 bits per heavy atom. The highest BCUT2D eigenvalue weighted by atomic mass is 16.5. The Morgan fingerprint density at radius 1 is 1.14 bits per heavy atom. The second-order valence-electron chi connectivity index (χ2n) is 7.47. The molecule has 0 radical (unpaired) electrons. The fraction of sp³-hybridized carbons (Fsp3) is 0.667. The standard InChI is InChI=1S/C18H28N2O/c1-17(2)7-9-18(14-19,10-8-17)20-11-12-21-16-6-4-3-5-15(16)13-20/h3-6H,7-14,19H2,1-2H3. The molecular formula is C18H28N2O. The van der Waals surface area contributed by atoms with E-state index >= 15 is 0 Å². The molecule has 2 aliphatic rings. The molecule has 1 aromatic carbocycles. The number of fused-ring (bicyclic) bond motifs is 1. The summed E-state index contributed by atoms with van der Waals surface area (Å²) >= 11 is 0. The monoisotopic (exact) mass is 288 g/mol. The minimum absolute atomic E-state index is 0.163. The van der Waals surface area contributed by atoms with Crippen LogP contribution in [0.25, 0.3) is 0 Å². The normalized spacial score (nSPS) is 24.7. The van der Waals surface area contributed by atoms with Crippen LogP contribution in [0.1, 0.15) is 45.1 Å². The molecule has 0 spiro atoms. The van der Waals surface area contributed by atoms with Gasteiger partial charge in [-0.15, -0.1) is 0 Å². The molecule has 0 aromatic heterocycles. The van der Waals surface area contributed by atoms with Gasteiger partial charge in [-0.25, -0.2) is 0 Å². The average molecular weight is 288 g/mol. The van der Waals surface area contributed by atoms with Crippen LogP contribution < -0.4 is 10.5 Å². The zero-order valence-corrected chi connectivity index (χ0v) is 13.4. The summed E-state index contributed by atoms with van der Waals surface area (Å²) in [5, 5.41) is 0. The molecule has 1 saturated carbocycles. The molecule has 0 saturated heterocycles. The minimum atomic E-state index is 0.163. The van der Waals surface area contributed by atoms with E-state index in [0.717, 1.165) is 32.0 Å². The van der Waals surface area contributed by atoms with Gasteiger partial charge >= 0.3 is 0 Å². The molecule has 1 aliphatic carbocycles. The third-order valence-electron chi connectivity index (χ3n) is 5.54. The summed E-state index contributed by atoms with van der Waals surface area (Å²) < 4.78 is 5.92. The van der Waals surface area contributed by atoms with Crippen molar-refractivity contribution in [2.24, 2.45) is 11.1 Å². The Bertz CT molecular complexity index is 488. The van der Waals surface area contributed by atoms with Crippen molar-refractivity contribution in [1.29, 1.82) is 0 Å². The van der Waals surface area contributed by atoms with Crippen molar-refractivity contribution in [3.8, 4) is 5.75 Å². The highest BCUT2D eigenvalue weighted by Gasteiger charge is 2.42. The van der Waals surface area contributed by atoms with Crippen LogP contribution in [-0.4, -0.2) is 30.1 Å². The van der Waals surface area contributed by atoms with Crippen LogP contribution in [0.4, 0.5) is 0 Å². The summed E-state index contributed by atoms with van der Waals surface area (Å²) in [6.45, 7) is 8.23. The van der Waals surface area contributed by atoms with Crippen LogP contribution in [0.5, 0.6) is 5.75 Å². The summed E-state index contributed by atoms with van der Waals surface area (Å²) in [5.74, 6) is 1.04. The van der Waals surface area contributed by atoms with E-state index in [2.05, 4.69) is 43.0 Å². The molecule has 0 atom stereocenters. The number of para-hydroxylation sites is 1. The minimum Gasteiger partial charge on any atom is -0.492 e. The zero-order chi connectivity index (χ0) is 14.9. The molecule has 116 valence electrons. The van der Waals surface area contributed by atoms with E-state index in [1.807, 2.05) is 0 Å². The van der Waals surface area contributed by atoms with Gasteiger partial charge in [-0.2, -0.15) is 0 Å². The predicted octanol–water partition coefficient (Wildman–Crippen LogP) is 3.18. The van der Waals surface area contributed by atoms with E-state index < -0.39 is 0 Å². The van der Waals surface area contributed by atoms with Crippen molar-refractivity contribution >= 4 is 0 Å². The Balaban J connectivity index is 1.82. The molecule has 1 aliphatic heterocycles. The number of rotatable bonds is 2. The second-order valence-corrected chi connectivity index (χ2v) is 7.47. The number of ether oxygens (including phenoxy) is 1. The summed E-state index contributed by atoms with van der Waals surface area (Å²) in [4.78, 5) is 2.59. The van der Waals surface area contributed by atoms with Gasteiger partial charge in [0.15, 0.2) is 0 Å². The fourth-order valence-electron chi connectivity index (χ4n) is 3.77. The predicted molar refractivity (Wildman–Crippen MR) is 86.4 cm³/mol. The first-order valence-electron chi connectivity index (χ1n) is 8.21. The third-order valence-corrected chi connectivity index (χ3v) is 5.54. The quantitative estimate of drug-likeness (QED) is 0.908. The van der Waals surface area contributed by atoms with Crippen LogP contribution in [0.3, 0.4) is 0 Å². The smallest absolute Gasteiger partial charge is 0.123 e. The highest BCUT2D eigenvalue weighted by Crippen LogP contribution is 2.43. The summed E-state index contributed by atoms with van der Waals surface area (Å²) in [6, 6.07) is 8.42. The van der Waals surface area contributed by atoms with Crippen LogP contribution in [0, 0.1) is 5.41 Å². The van der Waals surface area contributed by atoms with Crippen molar-refractivity contribution in [2.45, 2.75) is 51.6 Å². The maximum Gasteiger partial charge on any atom is 0.123 e. The maximum absolute atomic E-state index is 6.25. The van der Waals surface area contributed by atoms with E-state index in [1.54, 1.807) is 0 Å². The Kier molecular flexibility index (Phi) is 3.98. The van der Waals surface area contributed by atoms with Gasteiger partial charge in [-0.1, -0.05) is 32.0 Å². The number of hydrogen-bond donors (Lipinski definition) is 1. The Hall–Kier alpha value is -1.06. The Labute approximate surface area is 128 Å². The molecule has 0 amide bonds. The first-order valence-corrected chi connectivity index (χ1v) is 8.21. The molecule has 1 fully saturated rings. The van der Waals surface area contributed by atoms with Gasteiger partial charge in [0, 0.05) is 30.7 Å². The molecule has 3 heteroatoms. The van der Waals surface area contributed by atoms with Crippen molar-refractivity contribution in [3.05, 3.63) is 29.8 Å². The molecule has 1 aromatic rings. The van der Waals surface area contributed by atoms with Gasteiger partial charge in [0.1, 0.15) is 12.4 Å². The summed E-state index contributed by atoms with van der Waals surface area (Å²) in [7, 11) is 0. The van der Waals surface area contributed by atoms with Crippen molar-refractivity contribution in [3.63, 3.8) is 0 Å². The van der Waals surface area contributed by atoms with Gasteiger partial charge in [0.2, 0.25) is 0 Å². The van der Waals surface area contributed by atoms with Crippen LogP contribution in [0.2, 0.25) is 0 Å². The SMILES string of the molecule is CC1(C)CCC(CN)(N2CCOc3ccccc3C2)CC1. The molecule has 21 heavy (non-hydrogen) atoms. The van der Waals surface area contributed by atoms with Gasteiger partial charge in [0.25, 0.3) is 0 Å². The zero-order valence-electron chi connectivity index (χ0n) is 13.4. The largest absolute Gasteiger partial charge is 0.492 e. The lowest BCUT2D eigenvalue weighted by molar-refractivity contribution is 0.0143. The van der Waals surface area contributed by atoms with Crippen LogP contribution >= 0.6 is 0 Å². The van der Waals surface area contributed by atoms with E-state index in [4.69, 9.17) is 10.5 Å². The van der Waals surface area contributed by atoms with E-state index in [1.165, 1.54) is 31.2 Å². The number of nitrogens with zero attached hydrogens (tertiary/aromatic N) is 1. The van der Waals surface area contributed by atoms with Crippen LogP contribution in [-0.2, 0) is 6.54 Å². The maximum atomic E-state index is 6.25. The lowest BCUT2D eigenvalue weighted by Gasteiger charge is -2.49. The molecule has 0 unspecified atom stereocenters. The Morgan fingerprint density at radius 2 is 1.86 bits per heavy atom. The van der Waals surface area contributed by atoms with Crippen molar-refractivity contribution in [2.75, 3.05) is 19.7 Å².